The summed E-state index contributed by atoms with van der Waals surface area (Å²) in [4.78, 5) is 0. The van der Waals surface area contributed by atoms with Crippen LogP contribution in [0.2, 0.25) is 5.02 Å². The van der Waals surface area contributed by atoms with E-state index in [0.717, 1.165) is 16.1 Å². The first-order valence-electron chi connectivity index (χ1n) is 4.14. The highest BCUT2D eigenvalue weighted by Crippen LogP contribution is 2.09. The van der Waals surface area contributed by atoms with Gasteiger partial charge in [-0.2, -0.15) is 11.3 Å². The minimum Gasteiger partial charge on any atom is -0.151 e. The van der Waals surface area contributed by atoms with Crippen molar-refractivity contribution in [2.45, 2.75) is 0 Å². The molecular weight excluding hydrogens is 212 g/mol. The van der Waals surface area contributed by atoms with Crippen LogP contribution in [-0.2, 0) is 0 Å². The van der Waals surface area contributed by atoms with Crippen LogP contribution in [0.15, 0.2) is 41.1 Å². The predicted octanol–water partition coefficient (Wildman–Crippen LogP) is 3.80. The van der Waals surface area contributed by atoms with Crippen molar-refractivity contribution in [1.82, 2.24) is 0 Å². The standard InChI is InChI=1S/C12H7ClS/c13-12-5-3-10(4-6-12)1-2-11-7-8-14-9-11/h3-9H. The lowest BCUT2D eigenvalue weighted by Gasteiger charge is -1.89. The summed E-state index contributed by atoms with van der Waals surface area (Å²) in [5.74, 6) is 6.15. The van der Waals surface area contributed by atoms with Gasteiger partial charge in [0.2, 0.25) is 0 Å². The highest BCUT2D eigenvalue weighted by Gasteiger charge is 1.88. The van der Waals surface area contributed by atoms with Crippen LogP contribution in [-0.4, -0.2) is 0 Å². The summed E-state index contributed by atoms with van der Waals surface area (Å²) in [6, 6.07) is 9.54. The van der Waals surface area contributed by atoms with Crippen molar-refractivity contribution in [3.8, 4) is 11.8 Å². The van der Waals surface area contributed by atoms with Crippen LogP contribution in [0.3, 0.4) is 0 Å². The number of thiophene rings is 1. The van der Waals surface area contributed by atoms with Crippen molar-refractivity contribution in [3.05, 3.63) is 57.2 Å². The summed E-state index contributed by atoms with van der Waals surface area (Å²) < 4.78 is 0. The zero-order valence-electron chi connectivity index (χ0n) is 7.33. The average molecular weight is 219 g/mol. The number of rotatable bonds is 0. The van der Waals surface area contributed by atoms with Gasteiger partial charge in [0.25, 0.3) is 0 Å². The molecule has 0 fully saturated rings. The molecule has 0 saturated heterocycles. The molecule has 0 aliphatic carbocycles. The van der Waals surface area contributed by atoms with E-state index in [0.29, 0.717) is 0 Å². The molecule has 2 rings (SSSR count). The molecule has 0 aliphatic heterocycles. The second-order valence-electron chi connectivity index (χ2n) is 2.77. The summed E-state index contributed by atoms with van der Waals surface area (Å²) in [7, 11) is 0. The molecule has 0 nitrogen and oxygen atoms in total. The SMILES string of the molecule is Clc1ccc(C#Cc2ccsc2)cc1. The van der Waals surface area contributed by atoms with E-state index in [1.165, 1.54) is 0 Å². The molecule has 0 aliphatic rings. The van der Waals surface area contributed by atoms with Crippen molar-refractivity contribution >= 4 is 22.9 Å². The monoisotopic (exact) mass is 218 g/mol. The molecule has 0 radical (unpaired) electrons. The normalized spacial score (nSPS) is 9.21. The molecule has 14 heavy (non-hydrogen) atoms. The summed E-state index contributed by atoms with van der Waals surface area (Å²) in [5, 5.41) is 4.79. The Bertz CT molecular complexity index is 457. The first-order chi connectivity index (χ1) is 6.84. The highest BCUT2D eigenvalue weighted by atomic mass is 35.5. The molecule has 0 spiro atoms. The Balaban J connectivity index is 2.22. The Morgan fingerprint density at radius 1 is 0.929 bits per heavy atom. The van der Waals surface area contributed by atoms with Gasteiger partial charge in [-0.15, -0.1) is 0 Å². The average Bonchev–Trinajstić information content (AvgIpc) is 2.70. The largest absolute Gasteiger partial charge is 0.151 e. The van der Waals surface area contributed by atoms with Crippen LogP contribution in [0.4, 0.5) is 0 Å². The minimum atomic E-state index is 0.742. The van der Waals surface area contributed by atoms with Crippen LogP contribution < -0.4 is 0 Å². The zero-order chi connectivity index (χ0) is 9.80. The van der Waals surface area contributed by atoms with Gasteiger partial charge in [-0.1, -0.05) is 23.4 Å². The van der Waals surface area contributed by atoms with E-state index in [4.69, 9.17) is 11.6 Å². The summed E-state index contributed by atoms with van der Waals surface area (Å²) in [6.45, 7) is 0. The molecule has 0 amide bonds. The molecule has 0 atom stereocenters. The quantitative estimate of drug-likeness (QED) is 0.590. The molecule has 1 aromatic carbocycles. The lowest BCUT2D eigenvalue weighted by atomic mass is 10.2. The molecule has 1 aromatic heterocycles. The van der Waals surface area contributed by atoms with Crippen LogP contribution in [0.5, 0.6) is 0 Å². The fraction of sp³-hybridized carbons (Fsp3) is 0. The number of hydrogen-bond donors (Lipinski definition) is 0. The summed E-state index contributed by atoms with van der Waals surface area (Å²) in [6.07, 6.45) is 0. The summed E-state index contributed by atoms with van der Waals surface area (Å²) in [5.41, 5.74) is 2.05. The van der Waals surface area contributed by atoms with Gasteiger partial charge in [0, 0.05) is 21.5 Å². The van der Waals surface area contributed by atoms with E-state index in [1.807, 2.05) is 41.1 Å². The van der Waals surface area contributed by atoms with Gasteiger partial charge in [-0.3, -0.25) is 0 Å². The van der Waals surface area contributed by atoms with Crippen molar-refractivity contribution in [2.75, 3.05) is 0 Å². The molecule has 0 bridgehead atoms. The third-order valence-corrected chi connectivity index (χ3v) is 2.65. The Hall–Kier alpha value is -1.23. The Morgan fingerprint density at radius 2 is 1.64 bits per heavy atom. The Labute approximate surface area is 92.2 Å². The molecule has 0 saturated carbocycles. The van der Waals surface area contributed by atoms with Crippen molar-refractivity contribution in [1.29, 1.82) is 0 Å². The molecule has 1 heterocycles. The van der Waals surface area contributed by atoms with Crippen LogP contribution in [0.1, 0.15) is 11.1 Å². The summed E-state index contributed by atoms with van der Waals surface area (Å²) >= 11 is 7.42. The first kappa shape index (κ1) is 9.33. The predicted molar refractivity (Wildman–Crippen MR) is 61.8 cm³/mol. The third-order valence-electron chi connectivity index (χ3n) is 1.72. The molecule has 0 unspecified atom stereocenters. The van der Waals surface area contributed by atoms with Crippen molar-refractivity contribution < 1.29 is 0 Å². The number of benzene rings is 1. The topological polar surface area (TPSA) is 0 Å². The van der Waals surface area contributed by atoms with Gasteiger partial charge >= 0.3 is 0 Å². The maximum Gasteiger partial charge on any atom is 0.0406 e. The van der Waals surface area contributed by atoms with Crippen LogP contribution in [0.25, 0.3) is 0 Å². The van der Waals surface area contributed by atoms with Gasteiger partial charge in [0.05, 0.1) is 0 Å². The van der Waals surface area contributed by atoms with Gasteiger partial charge in [-0.25, -0.2) is 0 Å². The molecular formula is C12H7ClS. The van der Waals surface area contributed by atoms with E-state index in [9.17, 15) is 0 Å². The van der Waals surface area contributed by atoms with Crippen molar-refractivity contribution in [3.63, 3.8) is 0 Å². The second-order valence-corrected chi connectivity index (χ2v) is 3.99. The maximum atomic E-state index is 5.76. The van der Waals surface area contributed by atoms with Crippen LogP contribution >= 0.6 is 22.9 Å². The zero-order valence-corrected chi connectivity index (χ0v) is 8.90. The lowest BCUT2D eigenvalue weighted by molar-refractivity contribution is 1.64. The van der Waals surface area contributed by atoms with Gasteiger partial charge in [-0.05, 0) is 35.7 Å². The Morgan fingerprint density at radius 3 is 2.29 bits per heavy atom. The van der Waals surface area contributed by atoms with E-state index in [2.05, 4.69) is 11.8 Å². The van der Waals surface area contributed by atoms with Gasteiger partial charge < -0.3 is 0 Å². The molecule has 2 heteroatoms. The molecule has 68 valence electrons. The van der Waals surface area contributed by atoms with Gasteiger partial charge in [0.15, 0.2) is 0 Å². The first-order valence-corrected chi connectivity index (χ1v) is 5.46. The fourth-order valence-electron chi connectivity index (χ4n) is 1.01. The number of hydrogen-bond acceptors (Lipinski definition) is 1. The Kier molecular flexibility index (Phi) is 2.88. The molecule has 0 N–H and O–H groups in total. The minimum absolute atomic E-state index is 0.742. The number of halogens is 1. The second kappa shape index (κ2) is 4.32. The maximum absolute atomic E-state index is 5.76. The molecule has 2 aromatic rings. The fourth-order valence-corrected chi connectivity index (χ4v) is 1.73. The van der Waals surface area contributed by atoms with Crippen molar-refractivity contribution in [2.24, 2.45) is 0 Å². The third kappa shape index (κ3) is 2.38. The van der Waals surface area contributed by atoms with E-state index < -0.39 is 0 Å². The van der Waals surface area contributed by atoms with E-state index in [1.54, 1.807) is 11.3 Å². The smallest absolute Gasteiger partial charge is 0.0406 e. The highest BCUT2D eigenvalue weighted by molar-refractivity contribution is 7.08. The van der Waals surface area contributed by atoms with Crippen LogP contribution in [0, 0.1) is 11.8 Å². The van der Waals surface area contributed by atoms with E-state index in [-0.39, 0.29) is 0 Å². The van der Waals surface area contributed by atoms with E-state index >= 15 is 0 Å². The lowest BCUT2D eigenvalue weighted by Crippen LogP contribution is -1.72. The van der Waals surface area contributed by atoms with Gasteiger partial charge in [0.1, 0.15) is 0 Å².